The Balaban J connectivity index is 1.56. The Kier molecular flexibility index (Phi) is 4.51. The predicted molar refractivity (Wildman–Crippen MR) is 84.2 cm³/mol. The Morgan fingerprint density at radius 2 is 2.32 bits per heavy atom. The van der Waals surface area contributed by atoms with Crippen LogP contribution in [0.4, 0.5) is 0 Å². The highest BCUT2D eigenvalue weighted by Gasteiger charge is 2.24. The van der Waals surface area contributed by atoms with Gasteiger partial charge in [-0.1, -0.05) is 6.07 Å². The summed E-state index contributed by atoms with van der Waals surface area (Å²) in [7, 11) is 0. The van der Waals surface area contributed by atoms with Crippen molar-refractivity contribution in [2.24, 2.45) is 5.92 Å². The van der Waals surface area contributed by atoms with E-state index < -0.39 is 0 Å². The van der Waals surface area contributed by atoms with E-state index in [1.54, 1.807) is 10.9 Å². The highest BCUT2D eigenvalue weighted by Crippen LogP contribution is 2.21. The van der Waals surface area contributed by atoms with E-state index >= 15 is 0 Å². The molecule has 5 nitrogen and oxygen atoms in total. The second-order valence-corrected chi connectivity index (χ2v) is 6.06. The van der Waals surface area contributed by atoms with Crippen LogP contribution in [0.5, 0.6) is 0 Å². The molecule has 1 amide bonds. The van der Waals surface area contributed by atoms with Gasteiger partial charge in [-0.25, -0.2) is 0 Å². The van der Waals surface area contributed by atoms with Gasteiger partial charge in [0.15, 0.2) is 0 Å². The van der Waals surface area contributed by atoms with Crippen molar-refractivity contribution in [1.82, 2.24) is 19.7 Å². The van der Waals surface area contributed by atoms with E-state index in [4.69, 9.17) is 0 Å². The van der Waals surface area contributed by atoms with Crippen LogP contribution >= 0.6 is 0 Å². The van der Waals surface area contributed by atoms with Crippen LogP contribution in [-0.2, 0) is 17.8 Å². The van der Waals surface area contributed by atoms with Crippen molar-refractivity contribution in [3.63, 3.8) is 0 Å². The Morgan fingerprint density at radius 3 is 3.05 bits per heavy atom. The third kappa shape index (κ3) is 3.72. The van der Waals surface area contributed by atoms with Crippen LogP contribution < -0.4 is 0 Å². The molecule has 0 saturated carbocycles. The zero-order valence-corrected chi connectivity index (χ0v) is 13.0. The molecule has 0 aromatic carbocycles. The Hall–Kier alpha value is -2.17. The highest BCUT2D eigenvalue weighted by molar-refractivity contribution is 5.76. The van der Waals surface area contributed by atoms with E-state index in [-0.39, 0.29) is 5.91 Å². The van der Waals surface area contributed by atoms with Crippen molar-refractivity contribution >= 4 is 5.91 Å². The van der Waals surface area contributed by atoms with Gasteiger partial charge in [-0.2, -0.15) is 5.10 Å². The second kappa shape index (κ2) is 6.73. The lowest BCUT2D eigenvalue weighted by atomic mass is 9.92. The molecule has 0 bridgehead atoms. The number of likely N-dealkylation sites (tertiary alicyclic amines) is 1. The van der Waals surface area contributed by atoms with Gasteiger partial charge in [0, 0.05) is 37.4 Å². The van der Waals surface area contributed by atoms with Gasteiger partial charge in [0.1, 0.15) is 6.54 Å². The summed E-state index contributed by atoms with van der Waals surface area (Å²) in [6.07, 6.45) is 8.75. The molecule has 0 spiro atoms. The topological polar surface area (TPSA) is 51.0 Å². The van der Waals surface area contributed by atoms with E-state index in [1.807, 2.05) is 30.3 Å². The van der Waals surface area contributed by atoms with Crippen molar-refractivity contribution in [2.45, 2.75) is 32.7 Å². The molecule has 0 unspecified atom stereocenters. The van der Waals surface area contributed by atoms with Crippen LogP contribution in [0.15, 0.2) is 36.8 Å². The van der Waals surface area contributed by atoms with Crippen LogP contribution in [0.25, 0.3) is 0 Å². The molecule has 3 heterocycles. The number of rotatable bonds is 4. The van der Waals surface area contributed by atoms with E-state index in [2.05, 4.69) is 22.2 Å². The average Bonchev–Trinajstić information content (AvgIpc) is 3.03. The summed E-state index contributed by atoms with van der Waals surface area (Å²) in [5, 5.41) is 4.11. The number of aromatic nitrogens is 3. The molecule has 5 heteroatoms. The summed E-state index contributed by atoms with van der Waals surface area (Å²) in [6.45, 7) is 4.04. The van der Waals surface area contributed by atoms with Gasteiger partial charge in [0.05, 0.1) is 0 Å². The van der Waals surface area contributed by atoms with Gasteiger partial charge in [-0.05, 0) is 49.8 Å². The van der Waals surface area contributed by atoms with Crippen molar-refractivity contribution in [3.8, 4) is 0 Å². The molecule has 3 rings (SSSR count). The predicted octanol–water partition coefficient (Wildman–Crippen LogP) is 2.07. The first-order valence-corrected chi connectivity index (χ1v) is 7.87. The summed E-state index contributed by atoms with van der Waals surface area (Å²) in [5.74, 6) is 0.690. The largest absolute Gasteiger partial charge is 0.341 e. The molecule has 1 atom stereocenters. The average molecular weight is 298 g/mol. The van der Waals surface area contributed by atoms with Crippen LogP contribution in [0.2, 0.25) is 0 Å². The number of piperidine rings is 1. The van der Waals surface area contributed by atoms with Gasteiger partial charge in [-0.3, -0.25) is 14.5 Å². The third-order valence-electron chi connectivity index (χ3n) is 4.23. The molecule has 1 aliphatic heterocycles. The quantitative estimate of drug-likeness (QED) is 0.868. The SMILES string of the molecule is Cc1ccc(C[C@H]2CCCN(C(=O)Cn3cccn3)C2)cn1. The van der Waals surface area contributed by atoms with Crippen LogP contribution in [0, 0.1) is 12.8 Å². The number of pyridine rings is 1. The normalized spacial score (nSPS) is 18.4. The molecule has 1 aliphatic rings. The Labute approximate surface area is 131 Å². The van der Waals surface area contributed by atoms with Crippen molar-refractivity contribution in [3.05, 3.63) is 48.0 Å². The molecule has 2 aromatic rings. The zero-order valence-electron chi connectivity index (χ0n) is 13.0. The lowest BCUT2D eigenvalue weighted by Crippen LogP contribution is -2.42. The van der Waals surface area contributed by atoms with E-state index in [1.165, 1.54) is 12.0 Å². The summed E-state index contributed by atoms with van der Waals surface area (Å²) < 4.78 is 1.69. The minimum atomic E-state index is 0.162. The van der Waals surface area contributed by atoms with Gasteiger partial charge >= 0.3 is 0 Å². The van der Waals surface area contributed by atoms with E-state index in [9.17, 15) is 4.79 Å². The number of carbonyl (C=O) groups is 1. The summed E-state index contributed by atoms with van der Waals surface area (Å²) >= 11 is 0. The van der Waals surface area contributed by atoms with E-state index in [0.717, 1.165) is 31.6 Å². The molecule has 2 aromatic heterocycles. The van der Waals surface area contributed by atoms with Crippen molar-refractivity contribution < 1.29 is 4.79 Å². The molecular weight excluding hydrogens is 276 g/mol. The van der Waals surface area contributed by atoms with Crippen LogP contribution in [0.3, 0.4) is 0 Å². The number of hydrogen-bond acceptors (Lipinski definition) is 3. The summed E-state index contributed by atoms with van der Waals surface area (Å²) in [6, 6.07) is 6.04. The molecular formula is C17H22N4O. The number of amides is 1. The van der Waals surface area contributed by atoms with Gasteiger partial charge < -0.3 is 4.90 Å². The summed E-state index contributed by atoms with van der Waals surface area (Å²) in [5.41, 5.74) is 2.31. The smallest absolute Gasteiger partial charge is 0.244 e. The fourth-order valence-corrected chi connectivity index (χ4v) is 3.04. The lowest BCUT2D eigenvalue weighted by molar-refractivity contribution is -0.133. The number of nitrogens with zero attached hydrogens (tertiary/aromatic N) is 4. The second-order valence-electron chi connectivity index (χ2n) is 6.06. The van der Waals surface area contributed by atoms with Gasteiger partial charge in [0.2, 0.25) is 5.91 Å². The highest BCUT2D eigenvalue weighted by atomic mass is 16.2. The number of aryl methyl sites for hydroxylation is 1. The molecule has 1 saturated heterocycles. The summed E-state index contributed by atoms with van der Waals surface area (Å²) in [4.78, 5) is 18.7. The maximum atomic E-state index is 12.4. The molecule has 116 valence electrons. The number of carbonyl (C=O) groups excluding carboxylic acids is 1. The van der Waals surface area contributed by atoms with Gasteiger partial charge in [0.25, 0.3) is 0 Å². The minimum Gasteiger partial charge on any atom is -0.341 e. The molecule has 0 aliphatic carbocycles. The van der Waals surface area contributed by atoms with Crippen LogP contribution in [0.1, 0.15) is 24.1 Å². The van der Waals surface area contributed by atoms with Gasteiger partial charge in [-0.15, -0.1) is 0 Å². The fraction of sp³-hybridized carbons (Fsp3) is 0.471. The maximum absolute atomic E-state index is 12.4. The molecule has 0 radical (unpaired) electrons. The standard InChI is InChI=1S/C17H22N4O/c1-14-5-6-15(11-18-14)10-16-4-2-8-20(12-16)17(22)13-21-9-3-7-19-21/h3,5-7,9,11,16H,2,4,8,10,12-13H2,1H3/t16-/m1/s1. The first kappa shape index (κ1) is 14.8. The number of hydrogen-bond donors (Lipinski definition) is 0. The van der Waals surface area contributed by atoms with Crippen molar-refractivity contribution in [1.29, 1.82) is 0 Å². The fourth-order valence-electron chi connectivity index (χ4n) is 3.04. The first-order chi connectivity index (χ1) is 10.7. The molecule has 1 fully saturated rings. The van der Waals surface area contributed by atoms with E-state index in [0.29, 0.717) is 12.5 Å². The zero-order chi connectivity index (χ0) is 15.4. The monoisotopic (exact) mass is 298 g/mol. The lowest BCUT2D eigenvalue weighted by Gasteiger charge is -2.33. The molecule has 0 N–H and O–H groups in total. The van der Waals surface area contributed by atoms with Crippen LogP contribution in [-0.4, -0.2) is 38.7 Å². The Morgan fingerprint density at radius 1 is 1.41 bits per heavy atom. The van der Waals surface area contributed by atoms with Crippen molar-refractivity contribution in [2.75, 3.05) is 13.1 Å². The molecule has 22 heavy (non-hydrogen) atoms. The maximum Gasteiger partial charge on any atom is 0.244 e. The minimum absolute atomic E-state index is 0.162. The third-order valence-corrected chi connectivity index (χ3v) is 4.23. The first-order valence-electron chi connectivity index (χ1n) is 7.87. The Bertz CT molecular complexity index is 606.